The summed E-state index contributed by atoms with van der Waals surface area (Å²) in [5.74, 6) is 0.673. The summed E-state index contributed by atoms with van der Waals surface area (Å²) in [5.41, 5.74) is 3.18. The van der Waals surface area contributed by atoms with Crippen LogP contribution in [0.1, 0.15) is 52.1 Å². The number of carbonyl (C=O) groups excluding carboxylic acids is 1. The first kappa shape index (κ1) is 25.6. The fourth-order valence-corrected chi connectivity index (χ4v) is 4.70. The Balaban J connectivity index is 1.57. The molecule has 36 heavy (non-hydrogen) atoms. The molecule has 7 nitrogen and oxygen atoms in total. The number of nitriles is 1. The van der Waals surface area contributed by atoms with Crippen LogP contribution < -0.4 is 5.32 Å². The Hall–Kier alpha value is -3.47. The van der Waals surface area contributed by atoms with Crippen molar-refractivity contribution in [1.82, 2.24) is 5.32 Å². The van der Waals surface area contributed by atoms with E-state index in [-0.39, 0.29) is 17.6 Å². The molecule has 0 saturated heterocycles. The van der Waals surface area contributed by atoms with E-state index in [0.29, 0.717) is 30.1 Å². The van der Waals surface area contributed by atoms with Gasteiger partial charge in [-0.15, -0.1) is 0 Å². The number of hydrogen-bond acceptors (Lipinski definition) is 5. The van der Waals surface area contributed by atoms with E-state index in [0.717, 1.165) is 25.1 Å². The molecule has 1 aromatic heterocycles. The van der Waals surface area contributed by atoms with Gasteiger partial charge in [0, 0.05) is 41.2 Å². The zero-order valence-corrected chi connectivity index (χ0v) is 21.4. The monoisotopic (exact) mass is 488 g/mol. The van der Waals surface area contributed by atoms with Gasteiger partial charge in [-0.25, -0.2) is 4.58 Å². The molecule has 1 atom stereocenters. The minimum absolute atomic E-state index is 0.00442. The Morgan fingerprint density at radius 2 is 2.14 bits per heavy atom. The average Bonchev–Trinajstić information content (AvgIpc) is 3.34. The third kappa shape index (κ3) is 5.35. The Morgan fingerprint density at radius 3 is 2.83 bits per heavy atom. The summed E-state index contributed by atoms with van der Waals surface area (Å²) in [7, 11) is 0. The maximum atomic E-state index is 12.8. The van der Waals surface area contributed by atoms with Gasteiger partial charge in [0.2, 0.25) is 0 Å². The minimum Gasteiger partial charge on any atom is -0.456 e. The number of amides is 1. The standard InChI is InChI=1S/C29H33N3O4/c1-20(24(19-30)27(34)31-28(2,3)11-14-33)25-7-8-26(36-25)21-9-10-29(4)18-23(6-5-22(29)17-21)32-12-15-35-16-13-32/h5-10,12,17,33H,11,13-16,18H2,1-4H3/p+1/b24-20+. The van der Waals surface area contributed by atoms with E-state index in [2.05, 4.69) is 53.4 Å². The Bertz CT molecular complexity index is 1280. The molecule has 7 heteroatoms. The van der Waals surface area contributed by atoms with Gasteiger partial charge in [0.05, 0.1) is 0 Å². The number of aliphatic hydroxyl groups excluding tert-OH is 1. The Morgan fingerprint density at radius 1 is 1.33 bits per heavy atom. The van der Waals surface area contributed by atoms with Gasteiger partial charge in [0.25, 0.3) is 5.91 Å². The molecule has 0 saturated carbocycles. The van der Waals surface area contributed by atoms with Gasteiger partial charge >= 0.3 is 0 Å². The molecule has 188 valence electrons. The Labute approximate surface area is 212 Å². The minimum atomic E-state index is -0.630. The van der Waals surface area contributed by atoms with E-state index >= 15 is 0 Å². The van der Waals surface area contributed by atoms with Crippen LogP contribution in [0.25, 0.3) is 11.1 Å². The maximum absolute atomic E-state index is 12.8. The van der Waals surface area contributed by atoms with E-state index in [9.17, 15) is 15.2 Å². The summed E-state index contributed by atoms with van der Waals surface area (Å²) < 4.78 is 13.8. The molecule has 4 rings (SSSR count). The molecule has 1 aliphatic heterocycles. The first-order valence-corrected chi connectivity index (χ1v) is 12.3. The second-order valence-electron chi connectivity index (χ2n) is 10.3. The molecule has 2 aliphatic carbocycles. The van der Waals surface area contributed by atoms with Crippen LogP contribution in [0.4, 0.5) is 0 Å². The largest absolute Gasteiger partial charge is 0.456 e. The van der Waals surface area contributed by atoms with Crippen molar-refractivity contribution >= 4 is 23.3 Å². The molecule has 3 aliphatic rings. The maximum Gasteiger partial charge on any atom is 0.262 e. The number of aliphatic hydroxyl groups is 1. The van der Waals surface area contributed by atoms with Crippen molar-refractivity contribution in [2.24, 2.45) is 5.41 Å². The number of rotatable bonds is 7. The molecule has 0 aromatic carbocycles. The van der Waals surface area contributed by atoms with Crippen molar-refractivity contribution in [2.45, 2.75) is 46.1 Å². The molecule has 0 fully saturated rings. The fourth-order valence-electron chi connectivity index (χ4n) is 4.70. The lowest BCUT2D eigenvalue weighted by Gasteiger charge is -2.33. The number of hydrogen-bond donors (Lipinski definition) is 2. The summed E-state index contributed by atoms with van der Waals surface area (Å²) in [6, 6.07) is 5.67. The van der Waals surface area contributed by atoms with Crippen molar-refractivity contribution in [3.63, 3.8) is 0 Å². The second-order valence-corrected chi connectivity index (χ2v) is 10.3. The Kier molecular flexibility index (Phi) is 7.30. The molecule has 1 amide bonds. The summed E-state index contributed by atoms with van der Waals surface area (Å²) in [6.07, 6.45) is 14.2. The van der Waals surface area contributed by atoms with E-state index in [4.69, 9.17) is 9.15 Å². The number of furan rings is 1. The predicted octanol–water partition coefficient (Wildman–Crippen LogP) is 4.14. The summed E-state index contributed by atoms with van der Waals surface area (Å²) in [4.78, 5) is 12.8. The average molecular weight is 489 g/mol. The van der Waals surface area contributed by atoms with Crippen LogP contribution in [0.2, 0.25) is 0 Å². The number of fused-ring (bicyclic) bond motifs is 1. The van der Waals surface area contributed by atoms with Crippen LogP contribution >= 0.6 is 0 Å². The molecular weight excluding hydrogens is 454 g/mol. The van der Waals surface area contributed by atoms with Gasteiger partial charge in [-0.2, -0.15) is 5.26 Å². The predicted molar refractivity (Wildman–Crippen MR) is 139 cm³/mol. The molecule has 0 spiro atoms. The number of nitrogens with zero attached hydrogens (tertiary/aromatic N) is 2. The quantitative estimate of drug-likeness (QED) is 0.341. The van der Waals surface area contributed by atoms with Crippen LogP contribution in [-0.4, -0.2) is 53.7 Å². The molecule has 1 unspecified atom stereocenters. The lowest BCUT2D eigenvalue weighted by molar-refractivity contribution is -0.489. The summed E-state index contributed by atoms with van der Waals surface area (Å²) in [6.45, 7) is 9.78. The first-order valence-electron chi connectivity index (χ1n) is 12.3. The lowest BCUT2D eigenvalue weighted by Crippen LogP contribution is -2.44. The van der Waals surface area contributed by atoms with Gasteiger partial charge in [0.15, 0.2) is 18.5 Å². The van der Waals surface area contributed by atoms with Gasteiger partial charge in [0.1, 0.15) is 36.4 Å². The third-order valence-electron chi connectivity index (χ3n) is 7.03. The lowest BCUT2D eigenvalue weighted by atomic mass is 9.71. The normalized spacial score (nSPS) is 22.3. The van der Waals surface area contributed by atoms with Crippen LogP contribution in [0.15, 0.2) is 63.8 Å². The van der Waals surface area contributed by atoms with Crippen molar-refractivity contribution in [3.05, 3.63) is 70.9 Å². The zero-order chi connectivity index (χ0) is 25.9. The van der Waals surface area contributed by atoms with E-state index < -0.39 is 11.4 Å². The third-order valence-corrected chi connectivity index (χ3v) is 7.03. The van der Waals surface area contributed by atoms with Crippen LogP contribution in [0.3, 0.4) is 0 Å². The molecule has 2 N–H and O–H groups in total. The fraction of sp³-hybridized carbons (Fsp3) is 0.414. The van der Waals surface area contributed by atoms with Crippen molar-refractivity contribution in [1.29, 1.82) is 5.26 Å². The zero-order valence-electron chi connectivity index (χ0n) is 21.4. The van der Waals surface area contributed by atoms with Crippen LogP contribution in [0, 0.1) is 16.7 Å². The topological polar surface area (TPSA) is 98.5 Å². The highest BCUT2D eigenvalue weighted by Crippen LogP contribution is 2.44. The number of carbonyl (C=O) groups is 1. The SMILES string of the molecule is C/C(=C(/C#N)C(=O)NC(C)(C)CCO)c1ccc(C2=CC3=CC=C([N+]4=CCOCC4)CC3(C)C=C2)o1. The van der Waals surface area contributed by atoms with Crippen molar-refractivity contribution < 1.29 is 23.6 Å². The second kappa shape index (κ2) is 10.3. The molecular formula is C29H34N3O4+. The van der Waals surface area contributed by atoms with E-state index in [1.165, 1.54) is 11.3 Å². The van der Waals surface area contributed by atoms with Crippen LogP contribution in [-0.2, 0) is 9.53 Å². The highest BCUT2D eigenvalue weighted by molar-refractivity contribution is 6.04. The van der Waals surface area contributed by atoms with Crippen LogP contribution in [0.5, 0.6) is 0 Å². The van der Waals surface area contributed by atoms with Gasteiger partial charge in [-0.3, -0.25) is 4.79 Å². The molecule has 2 heterocycles. The summed E-state index contributed by atoms with van der Waals surface area (Å²) >= 11 is 0. The van der Waals surface area contributed by atoms with E-state index in [1.807, 2.05) is 26.0 Å². The van der Waals surface area contributed by atoms with Gasteiger partial charge in [-0.05, 0) is 51.0 Å². The highest BCUT2D eigenvalue weighted by atomic mass is 16.5. The molecule has 0 radical (unpaired) electrons. The van der Waals surface area contributed by atoms with Crippen molar-refractivity contribution in [2.75, 3.05) is 26.4 Å². The summed E-state index contributed by atoms with van der Waals surface area (Å²) in [5, 5.41) is 21.7. The number of ether oxygens (including phenoxy) is 1. The molecule has 1 aromatic rings. The number of allylic oxidation sites excluding steroid dienone is 9. The highest BCUT2D eigenvalue weighted by Gasteiger charge is 2.35. The van der Waals surface area contributed by atoms with Gasteiger partial charge < -0.3 is 19.6 Å². The van der Waals surface area contributed by atoms with E-state index in [1.54, 1.807) is 13.0 Å². The van der Waals surface area contributed by atoms with Crippen molar-refractivity contribution in [3.8, 4) is 6.07 Å². The first-order chi connectivity index (χ1) is 17.2. The van der Waals surface area contributed by atoms with Gasteiger partial charge in [-0.1, -0.05) is 25.2 Å². The number of nitrogens with one attached hydrogen (secondary N) is 1. The molecule has 0 bridgehead atoms. The smallest absolute Gasteiger partial charge is 0.262 e.